The van der Waals surface area contributed by atoms with E-state index in [-0.39, 0.29) is 31.6 Å². The minimum Gasteiger partial charge on any atom is -0.724 e. The van der Waals surface area contributed by atoms with E-state index in [9.17, 15) is 10.1 Å². The van der Waals surface area contributed by atoms with Gasteiger partial charge in [-0.15, -0.1) is 4.91 Å². The number of hydrazine groups is 1. The molecule has 0 radical (unpaired) electrons. The Balaban J connectivity index is 3.75. The Morgan fingerprint density at radius 3 is 2.00 bits per heavy atom. The zero-order valence-corrected chi connectivity index (χ0v) is 5.88. The number of nitrogens with zero attached hydrogens (tertiary/aromatic N) is 3. The average molecular weight is 164 g/mol. The van der Waals surface area contributed by atoms with Crippen LogP contribution >= 0.6 is 0 Å². The highest BCUT2D eigenvalue weighted by Crippen LogP contribution is 1.94. The van der Waals surface area contributed by atoms with Gasteiger partial charge < -0.3 is 15.4 Å². The first-order chi connectivity index (χ1) is 5.26. The molecule has 0 unspecified atom stereocenters. The number of nitroso groups, excluding NO2 is 1. The lowest BCUT2D eigenvalue weighted by Crippen LogP contribution is -2.38. The first kappa shape index (κ1) is 10.2. The van der Waals surface area contributed by atoms with Gasteiger partial charge >= 0.3 is 0 Å². The van der Waals surface area contributed by atoms with E-state index in [0.29, 0.717) is 0 Å². The fraction of sp³-hybridized carbons (Fsp3) is 1.00. The highest BCUT2D eigenvalue weighted by Gasteiger charge is 2.03. The molecule has 0 aliphatic heterocycles. The maximum Gasteiger partial charge on any atom is 0.0579 e. The van der Waals surface area contributed by atoms with Gasteiger partial charge in [-0.05, 0) is 0 Å². The third-order valence-electron chi connectivity index (χ3n) is 1.03. The Morgan fingerprint density at radius 2 is 1.73 bits per heavy atom. The topological polar surface area (TPSA) is 99.4 Å². The van der Waals surface area contributed by atoms with Crippen molar-refractivity contribution in [3.8, 4) is 0 Å². The van der Waals surface area contributed by atoms with Crippen molar-refractivity contribution in [3.05, 3.63) is 10.1 Å². The van der Waals surface area contributed by atoms with E-state index < -0.39 is 0 Å². The molecule has 0 aliphatic carbocycles. The first-order valence-corrected chi connectivity index (χ1v) is 3.03. The summed E-state index contributed by atoms with van der Waals surface area (Å²) in [5.74, 6) is 0. The average Bonchev–Trinajstić information content (AvgIpc) is 2.03. The molecule has 2 N–H and O–H groups in total. The highest BCUT2D eigenvalue weighted by atomic mass is 16.6. The van der Waals surface area contributed by atoms with Crippen molar-refractivity contribution in [1.29, 1.82) is 0 Å². The molecule has 0 aromatic heterocycles. The van der Waals surface area contributed by atoms with Crippen LogP contribution in [0.15, 0.2) is 5.29 Å². The third kappa shape index (κ3) is 3.83. The quantitative estimate of drug-likeness (QED) is 0.372. The summed E-state index contributed by atoms with van der Waals surface area (Å²) in [6, 6.07) is 0. The number of hydrogen-bond acceptors (Lipinski definition) is 6. The van der Waals surface area contributed by atoms with Gasteiger partial charge in [0.05, 0.1) is 18.5 Å². The molecule has 7 nitrogen and oxygen atoms in total. The van der Waals surface area contributed by atoms with E-state index in [1.807, 2.05) is 0 Å². The van der Waals surface area contributed by atoms with Crippen LogP contribution in [0.1, 0.15) is 0 Å². The molecule has 0 aromatic rings. The van der Waals surface area contributed by atoms with Gasteiger partial charge in [-0.25, -0.2) is 5.01 Å². The Hall–Kier alpha value is -0.760. The van der Waals surface area contributed by atoms with Gasteiger partial charge in [0.1, 0.15) is 0 Å². The van der Waals surface area contributed by atoms with Crippen LogP contribution in [0.4, 0.5) is 0 Å². The summed E-state index contributed by atoms with van der Waals surface area (Å²) < 4.78 is 0. The van der Waals surface area contributed by atoms with Crippen LogP contribution < -0.4 is 0 Å². The first-order valence-electron chi connectivity index (χ1n) is 3.03. The van der Waals surface area contributed by atoms with Crippen molar-refractivity contribution >= 4 is 0 Å². The summed E-state index contributed by atoms with van der Waals surface area (Å²) in [5.41, 5.74) is 0. The molecule has 0 aliphatic rings. The molecule has 0 heterocycles. The molecule has 0 fully saturated rings. The van der Waals surface area contributed by atoms with Crippen LogP contribution in [-0.4, -0.2) is 46.8 Å². The van der Waals surface area contributed by atoms with Crippen LogP contribution in [0.5, 0.6) is 0 Å². The van der Waals surface area contributed by atoms with Crippen molar-refractivity contribution in [2.75, 3.05) is 26.3 Å². The second kappa shape index (κ2) is 5.98. The predicted molar refractivity (Wildman–Crippen MR) is 36.7 cm³/mol. The third-order valence-corrected chi connectivity index (χ3v) is 1.03. The van der Waals surface area contributed by atoms with Crippen LogP contribution in [0.25, 0.3) is 0 Å². The van der Waals surface area contributed by atoms with Crippen molar-refractivity contribution in [2.45, 2.75) is 0 Å². The number of aliphatic hydroxyl groups excluding tert-OH is 2. The van der Waals surface area contributed by atoms with Crippen LogP contribution in [0.2, 0.25) is 0 Å². The van der Waals surface area contributed by atoms with Gasteiger partial charge in [-0.2, -0.15) is 0 Å². The molecule has 0 rings (SSSR count). The van der Waals surface area contributed by atoms with Crippen LogP contribution in [0.3, 0.4) is 0 Å². The van der Waals surface area contributed by atoms with Crippen LogP contribution in [0, 0.1) is 10.1 Å². The molecule has 0 saturated heterocycles. The van der Waals surface area contributed by atoms with Crippen molar-refractivity contribution in [3.63, 3.8) is 0 Å². The summed E-state index contributed by atoms with van der Waals surface area (Å²) in [6.45, 7) is -0.575. The smallest absolute Gasteiger partial charge is 0.0579 e. The SMILES string of the molecule is O=NN([O-])N(CCO)CCO. The van der Waals surface area contributed by atoms with Crippen molar-refractivity contribution in [1.82, 2.24) is 10.3 Å². The summed E-state index contributed by atoms with van der Waals surface area (Å²) in [4.78, 5) is 9.65. The Bertz CT molecular complexity index is 106. The summed E-state index contributed by atoms with van der Waals surface area (Å²) >= 11 is 0. The summed E-state index contributed by atoms with van der Waals surface area (Å²) in [6.07, 6.45) is 0. The maximum atomic E-state index is 10.4. The lowest BCUT2D eigenvalue weighted by atomic mass is 10.6. The lowest BCUT2D eigenvalue weighted by Gasteiger charge is -2.32. The molecule has 11 heavy (non-hydrogen) atoms. The maximum absolute atomic E-state index is 10.4. The largest absolute Gasteiger partial charge is 0.724 e. The summed E-state index contributed by atoms with van der Waals surface area (Å²) in [5, 5.41) is 29.9. The Morgan fingerprint density at radius 1 is 1.27 bits per heavy atom. The molecular formula is C4H10N3O4-. The number of aliphatic hydroxyl groups is 2. The summed E-state index contributed by atoms with van der Waals surface area (Å²) in [7, 11) is 0. The molecule has 0 aromatic carbocycles. The van der Waals surface area contributed by atoms with Gasteiger partial charge in [-0.1, -0.05) is 0 Å². The zero-order chi connectivity index (χ0) is 8.69. The standard InChI is InChI=1S/C4H10N3O4/c8-3-1-6(2-4-9)7(11)5-10/h8-9H,1-4H2/q-1. The Labute approximate surface area is 63.3 Å². The lowest BCUT2D eigenvalue weighted by molar-refractivity contribution is -0.00509. The van der Waals surface area contributed by atoms with Gasteiger partial charge in [0.25, 0.3) is 0 Å². The van der Waals surface area contributed by atoms with Gasteiger partial charge in [-0.3, -0.25) is 5.28 Å². The molecule has 0 spiro atoms. The zero-order valence-electron chi connectivity index (χ0n) is 5.88. The van der Waals surface area contributed by atoms with E-state index in [4.69, 9.17) is 10.2 Å². The molecule has 0 saturated carbocycles. The fourth-order valence-electron chi connectivity index (χ4n) is 0.565. The Kier molecular flexibility index (Phi) is 5.57. The fourth-order valence-corrected chi connectivity index (χ4v) is 0.565. The van der Waals surface area contributed by atoms with Gasteiger partial charge in [0, 0.05) is 13.1 Å². The second-order valence-electron chi connectivity index (χ2n) is 1.74. The van der Waals surface area contributed by atoms with Crippen molar-refractivity contribution in [2.24, 2.45) is 5.29 Å². The van der Waals surface area contributed by atoms with E-state index >= 15 is 0 Å². The van der Waals surface area contributed by atoms with Gasteiger partial charge in [0.15, 0.2) is 0 Å². The molecular weight excluding hydrogens is 154 g/mol. The van der Waals surface area contributed by atoms with Gasteiger partial charge in [0.2, 0.25) is 0 Å². The molecule has 66 valence electrons. The minimum absolute atomic E-state index is 0.0181. The van der Waals surface area contributed by atoms with E-state index in [1.165, 1.54) is 0 Å². The van der Waals surface area contributed by atoms with E-state index in [1.54, 1.807) is 0 Å². The highest BCUT2D eigenvalue weighted by molar-refractivity contribution is 4.52. The number of rotatable bonds is 6. The van der Waals surface area contributed by atoms with E-state index in [0.717, 1.165) is 5.01 Å². The second-order valence-corrected chi connectivity index (χ2v) is 1.74. The van der Waals surface area contributed by atoms with Crippen LogP contribution in [-0.2, 0) is 0 Å². The van der Waals surface area contributed by atoms with E-state index in [2.05, 4.69) is 5.29 Å². The molecule has 0 atom stereocenters. The normalized spacial score (nSPS) is 10.2. The molecule has 7 heteroatoms. The number of hydrogen-bond donors (Lipinski definition) is 2. The minimum atomic E-state index is -0.270. The molecule has 0 amide bonds. The van der Waals surface area contributed by atoms with Crippen molar-refractivity contribution < 1.29 is 10.2 Å². The predicted octanol–water partition coefficient (Wildman–Crippen LogP) is -1.33. The molecule has 0 bridgehead atoms. The monoisotopic (exact) mass is 164 g/mol.